The minimum Gasteiger partial charge on any atom is -0.338 e. The normalized spacial score (nSPS) is 21.3. The molecule has 0 bridgehead atoms. The van der Waals surface area contributed by atoms with Crippen LogP contribution in [0.25, 0.3) is 0 Å². The third-order valence-corrected chi connectivity index (χ3v) is 4.43. The van der Waals surface area contributed by atoms with Crippen LogP contribution in [-0.4, -0.2) is 44.1 Å². The fourth-order valence-corrected chi connectivity index (χ4v) is 3.00. The molecule has 1 amide bonds. The zero-order valence-electron chi connectivity index (χ0n) is 12.4. The highest BCUT2D eigenvalue weighted by Crippen LogP contribution is 2.37. The zero-order chi connectivity index (χ0) is 14.9. The Balaban J connectivity index is 1.36. The van der Waals surface area contributed by atoms with E-state index in [1.54, 1.807) is 4.80 Å². The predicted molar refractivity (Wildman–Crippen MR) is 80.2 cm³/mol. The van der Waals surface area contributed by atoms with Gasteiger partial charge in [-0.1, -0.05) is 18.2 Å². The highest BCUT2D eigenvalue weighted by molar-refractivity contribution is 5.94. The molecule has 2 aliphatic rings. The largest absolute Gasteiger partial charge is 0.338 e. The maximum absolute atomic E-state index is 12.4. The van der Waals surface area contributed by atoms with E-state index in [2.05, 4.69) is 15.4 Å². The summed E-state index contributed by atoms with van der Waals surface area (Å²) in [7, 11) is 0. The summed E-state index contributed by atoms with van der Waals surface area (Å²) < 4.78 is 0. The topological polar surface area (TPSA) is 63.9 Å². The molecular formula is C16H19N5O. The third kappa shape index (κ3) is 2.73. The van der Waals surface area contributed by atoms with Gasteiger partial charge in [-0.15, -0.1) is 10.2 Å². The van der Waals surface area contributed by atoms with Gasteiger partial charge in [0.1, 0.15) is 0 Å². The summed E-state index contributed by atoms with van der Waals surface area (Å²) >= 11 is 0. The van der Waals surface area contributed by atoms with Crippen molar-refractivity contribution in [2.75, 3.05) is 13.1 Å². The molecule has 22 heavy (non-hydrogen) atoms. The Kier molecular flexibility index (Phi) is 3.36. The minimum absolute atomic E-state index is 0.119. The van der Waals surface area contributed by atoms with Gasteiger partial charge in [0.05, 0.1) is 6.54 Å². The van der Waals surface area contributed by atoms with Crippen LogP contribution in [0, 0.1) is 5.92 Å². The molecule has 1 saturated carbocycles. The number of amides is 1. The van der Waals surface area contributed by atoms with Gasteiger partial charge in [-0.3, -0.25) is 4.79 Å². The van der Waals surface area contributed by atoms with Crippen molar-refractivity contribution in [3.8, 4) is 0 Å². The number of tetrazole rings is 1. The van der Waals surface area contributed by atoms with Gasteiger partial charge in [-0.2, -0.15) is 4.80 Å². The van der Waals surface area contributed by atoms with Crippen molar-refractivity contribution in [1.29, 1.82) is 0 Å². The average molecular weight is 297 g/mol. The molecule has 114 valence electrons. The molecule has 1 unspecified atom stereocenters. The lowest BCUT2D eigenvalue weighted by Gasteiger charge is -2.16. The van der Waals surface area contributed by atoms with Gasteiger partial charge in [-0.05, 0) is 42.5 Å². The molecule has 1 aromatic carbocycles. The average Bonchev–Trinajstić information content (AvgIpc) is 3.13. The Morgan fingerprint density at radius 2 is 2.00 bits per heavy atom. The van der Waals surface area contributed by atoms with Gasteiger partial charge in [0.25, 0.3) is 5.91 Å². The minimum atomic E-state index is 0.119. The van der Waals surface area contributed by atoms with Crippen molar-refractivity contribution < 1.29 is 4.79 Å². The predicted octanol–water partition coefficient (Wildman–Crippen LogP) is 1.71. The quantitative estimate of drug-likeness (QED) is 0.862. The van der Waals surface area contributed by atoms with Crippen LogP contribution in [0.1, 0.15) is 41.4 Å². The second kappa shape index (κ2) is 5.51. The first-order valence-corrected chi connectivity index (χ1v) is 7.91. The maximum Gasteiger partial charge on any atom is 0.253 e. The maximum atomic E-state index is 12.4. The molecule has 1 aliphatic heterocycles. The SMILES string of the molecule is O=C(c1ccccc1)N1CCC(Cn2nnc(C3CC3)n2)C1. The van der Waals surface area contributed by atoms with E-state index in [0.29, 0.717) is 11.8 Å². The van der Waals surface area contributed by atoms with E-state index in [1.807, 2.05) is 35.2 Å². The number of likely N-dealkylation sites (tertiary alicyclic amines) is 1. The Morgan fingerprint density at radius 1 is 1.18 bits per heavy atom. The summed E-state index contributed by atoms with van der Waals surface area (Å²) in [4.78, 5) is 16.1. The van der Waals surface area contributed by atoms with Gasteiger partial charge < -0.3 is 4.90 Å². The fraction of sp³-hybridized carbons (Fsp3) is 0.500. The number of hydrogen-bond acceptors (Lipinski definition) is 4. The molecule has 2 aromatic rings. The molecule has 1 saturated heterocycles. The summed E-state index contributed by atoms with van der Waals surface area (Å²) in [5.74, 6) is 1.95. The van der Waals surface area contributed by atoms with Gasteiger partial charge in [-0.25, -0.2) is 0 Å². The molecular weight excluding hydrogens is 278 g/mol. The van der Waals surface area contributed by atoms with Crippen LogP contribution in [0.15, 0.2) is 30.3 Å². The highest BCUT2D eigenvalue weighted by atomic mass is 16.2. The van der Waals surface area contributed by atoms with E-state index in [4.69, 9.17) is 0 Å². The van der Waals surface area contributed by atoms with Crippen LogP contribution in [0.4, 0.5) is 0 Å². The van der Waals surface area contributed by atoms with Gasteiger partial charge in [0, 0.05) is 24.6 Å². The van der Waals surface area contributed by atoms with Crippen molar-refractivity contribution in [3.63, 3.8) is 0 Å². The van der Waals surface area contributed by atoms with Gasteiger partial charge in [0.15, 0.2) is 5.82 Å². The Bertz CT molecular complexity index is 664. The van der Waals surface area contributed by atoms with E-state index < -0.39 is 0 Å². The zero-order valence-corrected chi connectivity index (χ0v) is 12.4. The molecule has 0 N–H and O–H groups in total. The van der Waals surface area contributed by atoms with Crippen molar-refractivity contribution >= 4 is 5.91 Å². The molecule has 1 aromatic heterocycles. The molecule has 6 heteroatoms. The third-order valence-electron chi connectivity index (χ3n) is 4.43. The number of nitrogens with zero attached hydrogens (tertiary/aromatic N) is 5. The van der Waals surface area contributed by atoms with E-state index >= 15 is 0 Å². The second-order valence-electron chi connectivity index (χ2n) is 6.25. The number of aromatic nitrogens is 4. The Labute approximate surface area is 129 Å². The first-order valence-electron chi connectivity index (χ1n) is 7.91. The van der Waals surface area contributed by atoms with Crippen LogP contribution in [0.5, 0.6) is 0 Å². The smallest absolute Gasteiger partial charge is 0.253 e. The lowest BCUT2D eigenvalue weighted by atomic mass is 10.1. The standard InChI is InChI=1S/C16H19N5O/c22-16(14-4-2-1-3-5-14)20-9-8-12(10-20)11-21-18-15(17-19-21)13-6-7-13/h1-5,12-13H,6-11H2. The molecule has 1 aliphatic carbocycles. The van der Waals surface area contributed by atoms with Crippen LogP contribution in [0.2, 0.25) is 0 Å². The molecule has 6 nitrogen and oxygen atoms in total. The number of carbonyl (C=O) groups excluding carboxylic acids is 1. The first-order chi connectivity index (χ1) is 10.8. The van der Waals surface area contributed by atoms with Crippen molar-refractivity contribution in [3.05, 3.63) is 41.7 Å². The summed E-state index contributed by atoms with van der Waals surface area (Å²) in [5, 5.41) is 12.7. The van der Waals surface area contributed by atoms with E-state index in [9.17, 15) is 4.79 Å². The number of rotatable bonds is 4. The Hall–Kier alpha value is -2.24. The van der Waals surface area contributed by atoms with E-state index in [0.717, 1.165) is 37.4 Å². The lowest BCUT2D eigenvalue weighted by Crippen LogP contribution is -2.29. The molecule has 0 spiro atoms. The number of hydrogen-bond donors (Lipinski definition) is 0. The van der Waals surface area contributed by atoms with Gasteiger partial charge >= 0.3 is 0 Å². The summed E-state index contributed by atoms with van der Waals surface area (Å²) in [6.07, 6.45) is 3.38. The monoisotopic (exact) mass is 297 g/mol. The number of carbonyl (C=O) groups is 1. The summed E-state index contributed by atoms with van der Waals surface area (Å²) in [6, 6.07) is 9.48. The van der Waals surface area contributed by atoms with Crippen molar-refractivity contribution in [2.24, 2.45) is 5.92 Å². The summed E-state index contributed by atoms with van der Waals surface area (Å²) in [6.45, 7) is 2.33. The van der Waals surface area contributed by atoms with Crippen LogP contribution >= 0.6 is 0 Å². The lowest BCUT2D eigenvalue weighted by molar-refractivity contribution is 0.0785. The Morgan fingerprint density at radius 3 is 2.77 bits per heavy atom. The molecule has 0 radical (unpaired) electrons. The summed E-state index contributed by atoms with van der Waals surface area (Å²) in [5.41, 5.74) is 0.762. The van der Waals surface area contributed by atoms with Gasteiger partial charge in [0.2, 0.25) is 0 Å². The van der Waals surface area contributed by atoms with Crippen molar-refractivity contribution in [1.82, 2.24) is 25.1 Å². The first kappa shape index (κ1) is 13.4. The fourth-order valence-electron chi connectivity index (χ4n) is 3.00. The highest BCUT2D eigenvalue weighted by Gasteiger charge is 2.30. The second-order valence-corrected chi connectivity index (χ2v) is 6.25. The molecule has 1 atom stereocenters. The van der Waals surface area contributed by atoms with E-state index in [-0.39, 0.29) is 5.91 Å². The van der Waals surface area contributed by atoms with Crippen LogP contribution in [0.3, 0.4) is 0 Å². The molecule has 2 fully saturated rings. The van der Waals surface area contributed by atoms with Crippen LogP contribution in [-0.2, 0) is 6.54 Å². The van der Waals surface area contributed by atoms with E-state index in [1.165, 1.54) is 12.8 Å². The van der Waals surface area contributed by atoms with Crippen molar-refractivity contribution in [2.45, 2.75) is 31.7 Å². The molecule has 2 heterocycles. The number of benzene rings is 1. The molecule has 4 rings (SSSR count). The van der Waals surface area contributed by atoms with Crippen LogP contribution < -0.4 is 0 Å².